The summed E-state index contributed by atoms with van der Waals surface area (Å²) in [4.78, 5) is 24.2. The second kappa shape index (κ2) is 5.68. The molecule has 0 saturated carbocycles. The van der Waals surface area contributed by atoms with Gasteiger partial charge >= 0.3 is 0 Å². The molecule has 0 fully saturated rings. The summed E-state index contributed by atoms with van der Waals surface area (Å²) in [6.07, 6.45) is 0. The van der Waals surface area contributed by atoms with Crippen molar-refractivity contribution >= 4 is 11.6 Å². The molecule has 110 valence electrons. The van der Waals surface area contributed by atoms with Gasteiger partial charge in [0.1, 0.15) is 0 Å². The van der Waals surface area contributed by atoms with Gasteiger partial charge in [0.05, 0.1) is 0 Å². The summed E-state index contributed by atoms with van der Waals surface area (Å²) in [6.45, 7) is 8.90. The van der Waals surface area contributed by atoms with E-state index in [2.05, 4.69) is 5.32 Å². The summed E-state index contributed by atoms with van der Waals surface area (Å²) < 4.78 is 0. The molecule has 0 saturated heterocycles. The number of ketones is 2. The van der Waals surface area contributed by atoms with E-state index in [1.54, 1.807) is 13.8 Å². The lowest BCUT2D eigenvalue weighted by Crippen LogP contribution is -2.29. The maximum absolute atomic E-state index is 12.1. The molecule has 21 heavy (non-hydrogen) atoms. The molecule has 1 heterocycles. The largest absolute Gasteiger partial charge is 0.362 e. The molecule has 0 radical (unpaired) electrons. The van der Waals surface area contributed by atoms with E-state index in [1.165, 1.54) is 0 Å². The quantitative estimate of drug-likeness (QED) is 0.924. The molecule has 0 amide bonds. The Kier molecular flexibility index (Phi) is 4.12. The van der Waals surface area contributed by atoms with Gasteiger partial charge in [0, 0.05) is 28.5 Å². The molecular weight excluding hydrogens is 262 g/mol. The number of carbonyl (C=O) groups excluding carboxylic acids is 2. The second-order valence-electron chi connectivity index (χ2n) is 5.66. The molecule has 3 nitrogen and oxygen atoms in total. The number of Topliss-reactive ketones (excluding diaryl/α,β-unsaturated/α-hetero) is 2. The average Bonchev–Trinajstić information content (AvgIpc) is 2.36. The van der Waals surface area contributed by atoms with E-state index >= 15 is 0 Å². The molecule has 1 aromatic rings. The Morgan fingerprint density at radius 2 is 1.48 bits per heavy atom. The van der Waals surface area contributed by atoms with Crippen LogP contribution in [0.2, 0.25) is 0 Å². The van der Waals surface area contributed by atoms with Crippen LogP contribution in [0.5, 0.6) is 0 Å². The zero-order valence-corrected chi connectivity index (χ0v) is 13.2. The van der Waals surface area contributed by atoms with Crippen molar-refractivity contribution in [2.24, 2.45) is 0 Å². The predicted octanol–water partition coefficient (Wildman–Crippen LogP) is 3.41. The lowest BCUT2D eigenvalue weighted by Gasteiger charge is -2.30. The molecule has 1 aliphatic rings. The monoisotopic (exact) mass is 283 g/mol. The van der Waals surface area contributed by atoms with Crippen LogP contribution in [0.4, 0.5) is 0 Å². The lowest BCUT2D eigenvalue weighted by atomic mass is 9.77. The Morgan fingerprint density at radius 1 is 0.952 bits per heavy atom. The Morgan fingerprint density at radius 3 is 1.90 bits per heavy atom. The van der Waals surface area contributed by atoms with E-state index in [0.29, 0.717) is 11.1 Å². The number of nitrogens with one attached hydrogen (secondary N) is 1. The van der Waals surface area contributed by atoms with Crippen molar-refractivity contribution in [1.29, 1.82) is 0 Å². The zero-order valence-electron chi connectivity index (χ0n) is 13.2. The minimum Gasteiger partial charge on any atom is -0.362 e. The van der Waals surface area contributed by atoms with Gasteiger partial charge in [0.2, 0.25) is 0 Å². The topological polar surface area (TPSA) is 46.2 Å². The average molecular weight is 283 g/mol. The number of carbonyl (C=O) groups is 2. The van der Waals surface area contributed by atoms with E-state index in [0.717, 1.165) is 22.5 Å². The van der Waals surface area contributed by atoms with E-state index < -0.39 is 0 Å². The summed E-state index contributed by atoms with van der Waals surface area (Å²) >= 11 is 0. The van der Waals surface area contributed by atoms with Crippen LogP contribution in [-0.4, -0.2) is 11.6 Å². The molecule has 0 bridgehead atoms. The fraction of sp³-hybridized carbons (Fsp3) is 0.333. The highest BCUT2D eigenvalue weighted by atomic mass is 16.1. The van der Waals surface area contributed by atoms with Gasteiger partial charge in [0.15, 0.2) is 11.6 Å². The third-order valence-electron chi connectivity index (χ3n) is 3.89. The number of dihydropyridines is 1. The van der Waals surface area contributed by atoms with Gasteiger partial charge in [-0.2, -0.15) is 0 Å². The molecule has 1 aromatic carbocycles. The summed E-state index contributed by atoms with van der Waals surface area (Å²) in [5.74, 6) is -0.281. The number of hydrogen-bond donors (Lipinski definition) is 1. The summed E-state index contributed by atoms with van der Waals surface area (Å²) in [5, 5.41) is 3.17. The van der Waals surface area contributed by atoms with Gasteiger partial charge in [0.25, 0.3) is 0 Å². The molecule has 0 aliphatic carbocycles. The summed E-state index contributed by atoms with van der Waals surface area (Å²) in [5.41, 5.74) is 5.12. The first-order valence-corrected chi connectivity index (χ1v) is 7.10. The Balaban J connectivity index is 2.70. The van der Waals surface area contributed by atoms with Crippen LogP contribution in [0, 0.1) is 6.92 Å². The van der Waals surface area contributed by atoms with Gasteiger partial charge < -0.3 is 5.32 Å². The van der Waals surface area contributed by atoms with Crippen LogP contribution in [-0.2, 0) is 9.59 Å². The Bertz CT molecular complexity index is 644. The van der Waals surface area contributed by atoms with Crippen molar-refractivity contribution in [1.82, 2.24) is 5.32 Å². The van der Waals surface area contributed by atoms with Gasteiger partial charge in [-0.3, -0.25) is 9.59 Å². The van der Waals surface area contributed by atoms with Gasteiger partial charge in [-0.25, -0.2) is 0 Å². The predicted molar refractivity (Wildman–Crippen MR) is 83.8 cm³/mol. The first kappa shape index (κ1) is 15.2. The summed E-state index contributed by atoms with van der Waals surface area (Å²) in [6, 6.07) is 8.00. The second-order valence-corrected chi connectivity index (χ2v) is 5.66. The zero-order chi connectivity index (χ0) is 15.7. The third-order valence-corrected chi connectivity index (χ3v) is 3.89. The van der Waals surface area contributed by atoms with Gasteiger partial charge in [-0.15, -0.1) is 0 Å². The first-order valence-electron chi connectivity index (χ1n) is 7.10. The highest BCUT2D eigenvalue weighted by Gasteiger charge is 2.33. The number of rotatable bonds is 3. The number of hydrogen-bond acceptors (Lipinski definition) is 3. The molecule has 1 aliphatic heterocycles. The molecule has 0 aromatic heterocycles. The fourth-order valence-electron chi connectivity index (χ4n) is 3.11. The molecular formula is C18H21NO2. The SMILES string of the molecule is CC(=O)C1=C(C)NC(C)=C(C(C)=O)C1c1cccc(C)c1. The van der Waals surface area contributed by atoms with Gasteiger partial charge in [-0.05, 0) is 40.2 Å². The van der Waals surface area contributed by atoms with Crippen molar-refractivity contribution in [3.8, 4) is 0 Å². The molecule has 1 N–H and O–H groups in total. The molecule has 0 atom stereocenters. The van der Waals surface area contributed by atoms with Crippen LogP contribution >= 0.6 is 0 Å². The van der Waals surface area contributed by atoms with Crippen molar-refractivity contribution in [2.75, 3.05) is 0 Å². The summed E-state index contributed by atoms with van der Waals surface area (Å²) in [7, 11) is 0. The number of benzene rings is 1. The van der Waals surface area contributed by atoms with Gasteiger partial charge in [-0.1, -0.05) is 29.8 Å². The first-order chi connectivity index (χ1) is 9.82. The maximum atomic E-state index is 12.1. The highest BCUT2D eigenvalue weighted by molar-refractivity contribution is 6.03. The fourth-order valence-corrected chi connectivity index (χ4v) is 3.11. The standard InChI is InChI=1S/C18H21NO2/c1-10-7-6-8-15(9-10)18-16(13(4)20)11(2)19-12(3)17(18)14(5)21/h6-9,18-19H,1-5H3. The van der Waals surface area contributed by atoms with Crippen molar-refractivity contribution in [2.45, 2.75) is 40.5 Å². The maximum Gasteiger partial charge on any atom is 0.158 e. The number of aryl methyl sites for hydroxylation is 1. The Labute approximate surface area is 125 Å². The van der Waals surface area contributed by atoms with Crippen LogP contribution in [0.1, 0.15) is 44.7 Å². The minimum atomic E-state index is -0.277. The molecule has 0 unspecified atom stereocenters. The smallest absolute Gasteiger partial charge is 0.158 e. The lowest BCUT2D eigenvalue weighted by molar-refractivity contribution is -0.114. The van der Waals surface area contributed by atoms with Crippen molar-refractivity contribution in [3.63, 3.8) is 0 Å². The highest BCUT2D eigenvalue weighted by Crippen LogP contribution is 2.38. The van der Waals surface area contributed by atoms with E-state index in [-0.39, 0.29) is 17.5 Å². The van der Waals surface area contributed by atoms with Crippen molar-refractivity contribution < 1.29 is 9.59 Å². The van der Waals surface area contributed by atoms with E-state index in [1.807, 2.05) is 45.0 Å². The normalized spacial score (nSPS) is 16.0. The molecule has 3 heteroatoms. The minimum absolute atomic E-state index is 0.00208. The van der Waals surface area contributed by atoms with E-state index in [4.69, 9.17) is 0 Å². The van der Waals surface area contributed by atoms with Crippen LogP contribution in [0.15, 0.2) is 46.8 Å². The molecule has 0 spiro atoms. The molecule has 2 rings (SSSR count). The third kappa shape index (κ3) is 2.82. The van der Waals surface area contributed by atoms with Crippen LogP contribution < -0.4 is 5.32 Å². The number of allylic oxidation sites excluding steroid dienone is 4. The Hall–Kier alpha value is -2.16. The van der Waals surface area contributed by atoms with Crippen LogP contribution in [0.25, 0.3) is 0 Å². The van der Waals surface area contributed by atoms with E-state index in [9.17, 15) is 9.59 Å². The van der Waals surface area contributed by atoms with Crippen LogP contribution in [0.3, 0.4) is 0 Å². The van der Waals surface area contributed by atoms with Crippen molar-refractivity contribution in [3.05, 3.63) is 57.9 Å².